The topological polar surface area (TPSA) is 75.4 Å². The number of nitrogens with zero attached hydrogens (tertiary/aromatic N) is 2. The molecule has 0 aromatic rings. The van der Waals surface area contributed by atoms with Crippen molar-refractivity contribution in [1.29, 1.82) is 0 Å². The number of likely N-dealkylation sites (tertiary alicyclic amines) is 1. The molecule has 0 radical (unpaired) electrons. The van der Waals surface area contributed by atoms with Gasteiger partial charge in [0.05, 0.1) is 24.7 Å². The maximum Gasteiger partial charge on any atom is 0.182 e. The van der Waals surface area contributed by atoms with E-state index >= 15 is 0 Å². The van der Waals surface area contributed by atoms with E-state index in [0.717, 1.165) is 6.73 Å². The molecule has 1 saturated heterocycles. The molecule has 0 aliphatic carbocycles. The predicted octanol–water partition coefficient (Wildman–Crippen LogP) is 0.982. The summed E-state index contributed by atoms with van der Waals surface area (Å²) < 4.78 is 6.38. The first-order chi connectivity index (χ1) is 6.56. The average Bonchev–Trinajstić information content (AvgIpc) is 2.53. The van der Waals surface area contributed by atoms with Crippen molar-refractivity contribution in [1.82, 2.24) is 0 Å². The van der Waals surface area contributed by atoms with Crippen molar-refractivity contribution in [3.8, 4) is 0 Å². The Kier molecular flexibility index (Phi) is 6.14. The number of hydrogen-bond acceptors (Lipinski definition) is 4. The van der Waals surface area contributed by atoms with Gasteiger partial charge in [-0.2, -0.15) is 0 Å². The first-order valence-corrected chi connectivity index (χ1v) is 4.72. The van der Waals surface area contributed by atoms with Gasteiger partial charge in [0, 0.05) is 20.0 Å². The molecule has 6 nitrogen and oxygen atoms in total. The van der Waals surface area contributed by atoms with Crippen LogP contribution in [0.15, 0.2) is 0 Å². The maximum atomic E-state index is 8.25. The van der Waals surface area contributed by atoms with Crippen molar-refractivity contribution in [3.63, 3.8) is 0 Å². The Morgan fingerprint density at radius 3 is 2.07 bits per heavy atom. The van der Waals surface area contributed by atoms with Crippen LogP contribution < -0.4 is 0 Å². The number of ether oxygens (including phenoxy) is 1. The van der Waals surface area contributed by atoms with Crippen LogP contribution in [0.3, 0.4) is 0 Å². The molecular formula is C8H18N2O4. The monoisotopic (exact) mass is 206 g/mol. The van der Waals surface area contributed by atoms with Crippen molar-refractivity contribution in [2.45, 2.75) is 19.8 Å². The summed E-state index contributed by atoms with van der Waals surface area (Å²) in [6.45, 7) is 7.04. The van der Waals surface area contributed by atoms with E-state index in [-0.39, 0.29) is 0 Å². The Bertz CT molecular complexity index is 165. The lowest BCUT2D eigenvalue weighted by Gasteiger charge is -2.31. The third-order valence-electron chi connectivity index (χ3n) is 2.59. The second kappa shape index (κ2) is 6.56. The zero-order valence-corrected chi connectivity index (χ0v) is 8.77. The summed E-state index contributed by atoms with van der Waals surface area (Å²) in [6, 6.07) is 0. The van der Waals surface area contributed by atoms with E-state index in [1.165, 1.54) is 37.0 Å². The molecule has 0 aromatic heterocycles. The molecule has 1 aliphatic heterocycles. The van der Waals surface area contributed by atoms with Gasteiger partial charge in [-0.1, -0.05) is 0 Å². The molecule has 6 heteroatoms. The first kappa shape index (κ1) is 13.1. The normalized spacial score (nSPS) is 18.4. The standard InChI is InChI=1S/C8H18NO.NO3/c1-3-9(8-10-2)6-4-5-7-9;2-1(3)4/h3-8H2,1-2H3;/q+1;-1. The van der Waals surface area contributed by atoms with Crippen LogP contribution in [0.4, 0.5) is 0 Å². The smallest absolute Gasteiger partial charge is 0.182 e. The molecule has 84 valence electrons. The van der Waals surface area contributed by atoms with E-state index in [2.05, 4.69) is 6.92 Å². The van der Waals surface area contributed by atoms with E-state index in [1.807, 2.05) is 0 Å². The Morgan fingerprint density at radius 1 is 1.36 bits per heavy atom. The SMILES string of the molecule is CC[N+]1(COC)CCCC1.O=[N+]([O-])[O-]. The molecule has 0 bridgehead atoms. The van der Waals surface area contributed by atoms with E-state index in [1.54, 1.807) is 7.11 Å². The Morgan fingerprint density at radius 2 is 1.79 bits per heavy atom. The Hall–Kier alpha value is -0.880. The molecule has 1 rings (SSSR count). The molecule has 14 heavy (non-hydrogen) atoms. The fourth-order valence-corrected chi connectivity index (χ4v) is 1.82. The Balaban J connectivity index is 0.000000364. The maximum absolute atomic E-state index is 8.25. The first-order valence-electron chi connectivity index (χ1n) is 4.72. The number of methoxy groups -OCH3 is 1. The zero-order valence-electron chi connectivity index (χ0n) is 8.77. The second-order valence-corrected chi connectivity index (χ2v) is 3.45. The minimum atomic E-state index is -1.75. The number of quaternary nitrogens is 1. The average molecular weight is 206 g/mol. The van der Waals surface area contributed by atoms with E-state index in [0.29, 0.717) is 0 Å². The molecule has 0 spiro atoms. The van der Waals surface area contributed by atoms with Crippen LogP contribution in [0.2, 0.25) is 0 Å². The fourth-order valence-electron chi connectivity index (χ4n) is 1.82. The molecule has 1 fully saturated rings. The zero-order chi connectivity index (χ0) is 11.0. The number of rotatable bonds is 3. The molecule has 0 unspecified atom stereocenters. The van der Waals surface area contributed by atoms with Gasteiger partial charge in [-0.05, 0) is 6.92 Å². The lowest BCUT2D eigenvalue weighted by Crippen LogP contribution is -2.46. The van der Waals surface area contributed by atoms with Crippen LogP contribution >= 0.6 is 0 Å². The van der Waals surface area contributed by atoms with Gasteiger partial charge in [-0.25, -0.2) is 0 Å². The summed E-state index contributed by atoms with van der Waals surface area (Å²) in [6.07, 6.45) is 2.77. The highest BCUT2D eigenvalue weighted by molar-refractivity contribution is 4.50. The molecule has 0 atom stereocenters. The van der Waals surface area contributed by atoms with E-state index < -0.39 is 5.09 Å². The third kappa shape index (κ3) is 4.98. The van der Waals surface area contributed by atoms with Gasteiger partial charge in [0.2, 0.25) is 0 Å². The van der Waals surface area contributed by atoms with Crippen LogP contribution in [-0.4, -0.2) is 43.0 Å². The highest BCUT2D eigenvalue weighted by atomic mass is 16.9. The van der Waals surface area contributed by atoms with Crippen molar-refractivity contribution in [3.05, 3.63) is 15.3 Å². The molecule has 0 aromatic carbocycles. The molecule has 1 heterocycles. The number of hydrogen-bond donors (Lipinski definition) is 0. The Labute approximate surface area is 83.8 Å². The fraction of sp³-hybridized carbons (Fsp3) is 1.00. The minimum absolute atomic E-state index is 0.913. The van der Waals surface area contributed by atoms with Crippen LogP contribution in [0.25, 0.3) is 0 Å². The van der Waals surface area contributed by atoms with E-state index in [9.17, 15) is 0 Å². The molecular weight excluding hydrogens is 188 g/mol. The molecule has 0 amide bonds. The van der Waals surface area contributed by atoms with Gasteiger partial charge in [-0.3, -0.25) is 0 Å². The second-order valence-electron chi connectivity index (χ2n) is 3.45. The summed E-state index contributed by atoms with van der Waals surface area (Å²) in [5, 5.41) is 14.8. The van der Waals surface area contributed by atoms with Crippen molar-refractivity contribution in [2.75, 3.05) is 33.5 Å². The van der Waals surface area contributed by atoms with Gasteiger partial charge in [0.15, 0.2) is 6.73 Å². The third-order valence-corrected chi connectivity index (χ3v) is 2.59. The summed E-state index contributed by atoms with van der Waals surface area (Å²) in [7, 11) is 1.80. The van der Waals surface area contributed by atoms with Crippen molar-refractivity contribution in [2.24, 2.45) is 0 Å². The quantitative estimate of drug-likeness (QED) is 0.392. The van der Waals surface area contributed by atoms with Crippen molar-refractivity contribution < 1.29 is 14.3 Å². The summed E-state index contributed by atoms with van der Waals surface area (Å²) in [5.41, 5.74) is 0. The van der Waals surface area contributed by atoms with E-state index in [4.69, 9.17) is 20.1 Å². The van der Waals surface area contributed by atoms with Gasteiger partial charge >= 0.3 is 0 Å². The highest BCUT2D eigenvalue weighted by Crippen LogP contribution is 2.18. The minimum Gasteiger partial charge on any atom is -0.356 e. The lowest BCUT2D eigenvalue weighted by atomic mass is 10.4. The van der Waals surface area contributed by atoms with Crippen LogP contribution in [0, 0.1) is 15.3 Å². The van der Waals surface area contributed by atoms with Crippen LogP contribution in [-0.2, 0) is 4.74 Å². The summed E-state index contributed by atoms with van der Waals surface area (Å²) in [4.78, 5) is 8.25. The molecule has 1 aliphatic rings. The highest BCUT2D eigenvalue weighted by Gasteiger charge is 2.29. The van der Waals surface area contributed by atoms with Gasteiger partial charge < -0.3 is 24.5 Å². The molecule has 0 saturated carbocycles. The van der Waals surface area contributed by atoms with Crippen molar-refractivity contribution >= 4 is 0 Å². The summed E-state index contributed by atoms with van der Waals surface area (Å²) in [5.74, 6) is 0. The summed E-state index contributed by atoms with van der Waals surface area (Å²) >= 11 is 0. The van der Waals surface area contributed by atoms with Gasteiger partial charge in [0.1, 0.15) is 0 Å². The lowest BCUT2D eigenvalue weighted by molar-refractivity contribution is -0.932. The predicted molar refractivity (Wildman–Crippen MR) is 52.0 cm³/mol. The van der Waals surface area contributed by atoms with Gasteiger partial charge in [-0.15, -0.1) is 0 Å². The molecule has 0 N–H and O–H groups in total. The largest absolute Gasteiger partial charge is 0.356 e. The van der Waals surface area contributed by atoms with Crippen LogP contribution in [0.5, 0.6) is 0 Å². The van der Waals surface area contributed by atoms with Crippen LogP contribution in [0.1, 0.15) is 19.8 Å². The van der Waals surface area contributed by atoms with Gasteiger partial charge in [0.25, 0.3) is 0 Å².